The zero-order valence-electron chi connectivity index (χ0n) is 13.6. The summed E-state index contributed by atoms with van der Waals surface area (Å²) in [6.07, 6.45) is 7.73. The van der Waals surface area contributed by atoms with E-state index in [1.165, 1.54) is 0 Å². The average molecular weight is 350 g/mol. The Labute approximate surface area is 142 Å². The molecule has 0 saturated carbocycles. The Hall–Kier alpha value is -1.22. The molecule has 0 atom stereocenters. The molecule has 0 rings (SSSR count). The van der Waals surface area contributed by atoms with Crippen LogP contribution in [-0.4, -0.2) is 50.2 Å². The van der Waals surface area contributed by atoms with Gasteiger partial charge in [-0.15, -0.1) is 15.8 Å². The molecule has 0 saturated heterocycles. The summed E-state index contributed by atoms with van der Waals surface area (Å²) < 4.78 is 5.72. The van der Waals surface area contributed by atoms with Crippen LogP contribution < -0.4 is 0 Å². The van der Waals surface area contributed by atoms with Gasteiger partial charge in [-0.3, -0.25) is 0 Å². The molecule has 0 amide bonds. The van der Waals surface area contributed by atoms with Crippen molar-refractivity contribution in [3.63, 3.8) is 0 Å². The lowest BCUT2D eigenvalue weighted by Gasteiger charge is -2.17. The third-order valence-electron chi connectivity index (χ3n) is 3.26. The van der Waals surface area contributed by atoms with Crippen LogP contribution >= 0.6 is 15.8 Å². The number of ether oxygens (including phenoxy) is 1. The predicted octanol–water partition coefficient (Wildman–Crippen LogP) is 3.62. The van der Waals surface area contributed by atoms with Crippen LogP contribution in [0.1, 0.15) is 25.7 Å². The lowest BCUT2D eigenvalue weighted by molar-refractivity contribution is 0.166. The Kier molecular flexibility index (Phi) is 16.2. The quantitative estimate of drug-likeness (QED) is 0.351. The molecule has 0 radical (unpaired) electrons. The Bertz CT molecular complexity index is 381. The summed E-state index contributed by atoms with van der Waals surface area (Å²) in [5, 5.41) is 34.7. The highest BCUT2D eigenvalue weighted by Gasteiger charge is 2.09. The topological polar surface area (TPSA) is 104 Å². The van der Waals surface area contributed by atoms with Gasteiger partial charge in [0.05, 0.1) is 37.5 Å². The van der Waals surface area contributed by atoms with Gasteiger partial charge in [-0.25, -0.2) is 0 Å². The Morgan fingerprint density at radius 2 is 0.826 bits per heavy atom. The molecule has 0 fully saturated rings. The van der Waals surface area contributed by atoms with Crippen LogP contribution in [0.25, 0.3) is 0 Å². The molecule has 5 nitrogen and oxygen atoms in total. The molecule has 23 heavy (non-hydrogen) atoms. The Morgan fingerprint density at radius 1 is 0.522 bits per heavy atom. The standard InChI is InChI=1S/C16H24N4OP2/c17-5-1-11-22(12-2-6-18)15-9-21-10-16-23(13-3-7-19)14-4-8-20/h1-4,9-16H2. The van der Waals surface area contributed by atoms with Crippen LogP contribution in [-0.2, 0) is 4.74 Å². The number of hydrogen-bond donors (Lipinski definition) is 0. The van der Waals surface area contributed by atoms with E-state index in [1.807, 2.05) is 0 Å². The summed E-state index contributed by atoms with van der Waals surface area (Å²) in [5.41, 5.74) is 0. The fourth-order valence-electron chi connectivity index (χ4n) is 1.99. The van der Waals surface area contributed by atoms with E-state index in [4.69, 9.17) is 25.8 Å². The summed E-state index contributed by atoms with van der Waals surface area (Å²) in [6, 6.07) is 8.69. The molecule has 0 N–H and O–H groups in total. The molecule has 0 bridgehead atoms. The molecule has 0 aliphatic heterocycles. The lowest BCUT2D eigenvalue weighted by atomic mass is 10.5. The van der Waals surface area contributed by atoms with Crippen molar-refractivity contribution >= 4 is 15.8 Å². The van der Waals surface area contributed by atoms with Crippen LogP contribution in [0, 0.1) is 45.3 Å². The molecule has 0 aromatic rings. The van der Waals surface area contributed by atoms with Gasteiger partial charge in [0.2, 0.25) is 0 Å². The van der Waals surface area contributed by atoms with E-state index in [1.54, 1.807) is 0 Å². The summed E-state index contributed by atoms with van der Waals surface area (Å²) in [4.78, 5) is 0. The van der Waals surface area contributed by atoms with Gasteiger partial charge >= 0.3 is 0 Å². The highest BCUT2D eigenvalue weighted by atomic mass is 31.1. The number of nitrogens with zero attached hydrogens (tertiary/aromatic N) is 4. The van der Waals surface area contributed by atoms with Crippen LogP contribution in [0.15, 0.2) is 0 Å². The third-order valence-corrected chi connectivity index (χ3v) is 8.32. The number of rotatable bonds is 14. The van der Waals surface area contributed by atoms with Crippen molar-refractivity contribution in [2.24, 2.45) is 0 Å². The molecule has 0 unspecified atom stereocenters. The minimum Gasteiger partial charge on any atom is -0.381 e. The van der Waals surface area contributed by atoms with Crippen LogP contribution in [0.2, 0.25) is 0 Å². The van der Waals surface area contributed by atoms with Crippen molar-refractivity contribution in [2.75, 3.05) is 50.2 Å². The molecule has 0 aliphatic carbocycles. The molecule has 0 aliphatic rings. The average Bonchev–Trinajstić information content (AvgIpc) is 2.57. The van der Waals surface area contributed by atoms with Crippen molar-refractivity contribution in [1.82, 2.24) is 0 Å². The maximum Gasteiger partial charge on any atom is 0.0625 e. The molecular formula is C16H24N4OP2. The van der Waals surface area contributed by atoms with Crippen molar-refractivity contribution in [3.05, 3.63) is 0 Å². The number of hydrogen-bond acceptors (Lipinski definition) is 5. The maximum absolute atomic E-state index is 8.67. The van der Waals surface area contributed by atoms with Gasteiger partial charge in [-0.05, 0) is 37.0 Å². The predicted molar refractivity (Wildman–Crippen MR) is 94.8 cm³/mol. The van der Waals surface area contributed by atoms with E-state index in [0.29, 0.717) is 38.9 Å². The van der Waals surface area contributed by atoms with E-state index < -0.39 is 0 Å². The van der Waals surface area contributed by atoms with Gasteiger partial charge in [0.1, 0.15) is 0 Å². The smallest absolute Gasteiger partial charge is 0.0625 e. The lowest BCUT2D eigenvalue weighted by Crippen LogP contribution is -2.07. The number of nitriles is 4. The van der Waals surface area contributed by atoms with E-state index in [-0.39, 0.29) is 15.8 Å². The van der Waals surface area contributed by atoms with Gasteiger partial charge in [0.15, 0.2) is 0 Å². The molecule has 0 aromatic heterocycles. The summed E-state index contributed by atoms with van der Waals surface area (Å²) >= 11 is 0. The zero-order chi connectivity index (χ0) is 17.2. The first kappa shape index (κ1) is 21.8. The van der Waals surface area contributed by atoms with Gasteiger partial charge in [0, 0.05) is 25.7 Å². The van der Waals surface area contributed by atoms with E-state index >= 15 is 0 Å². The summed E-state index contributed by atoms with van der Waals surface area (Å²) in [7, 11) is -0.548. The van der Waals surface area contributed by atoms with Crippen molar-refractivity contribution in [1.29, 1.82) is 21.0 Å². The first-order valence-corrected chi connectivity index (χ1v) is 11.6. The van der Waals surface area contributed by atoms with Crippen molar-refractivity contribution in [3.8, 4) is 24.3 Å². The van der Waals surface area contributed by atoms with Crippen LogP contribution in [0.3, 0.4) is 0 Å². The van der Waals surface area contributed by atoms with E-state index in [0.717, 1.165) is 37.0 Å². The van der Waals surface area contributed by atoms with Crippen LogP contribution in [0.4, 0.5) is 0 Å². The maximum atomic E-state index is 8.67. The molecule has 0 spiro atoms. The molecule has 124 valence electrons. The second-order valence-electron chi connectivity index (χ2n) is 4.93. The minimum atomic E-state index is -0.274. The van der Waals surface area contributed by atoms with Gasteiger partial charge in [-0.1, -0.05) is 0 Å². The third kappa shape index (κ3) is 14.1. The summed E-state index contributed by atoms with van der Waals surface area (Å²) in [5.74, 6) is 0. The Morgan fingerprint density at radius 3 is 1.09 bits per heavy atom. The largest absolute Gasteiger partial charge is 0.381 e. The monoisotopic (exact) mass is 350 g/mol. The van der Waals surface area contributed by atoms with E-state index in [9.17, 15) is 0 Å². The highest BCUT2D eigenvalue weighted by Crippen LogP contribution is 2.37. The van der Waals surface area contributed by atoms with Gasteiger partial charge in [0.25, 0.3) is 0 Å². The van der Waals surface area contributed by atoms with Gasteiger partial charge < -0.3 is 4.74 Å². The fraction of sp³-hybridized carbons (Fsp3) is 0.750. The van der Waals surface area contributed by atoms with Gasteiger partial charge in [-0.2, -0.15) is 21.0 Å². The first-order chi connectivity index (χ1) is 11.3. The van der Waals surface area contributed by atoms with Crippen molar-refractivity contribution in [2.45, 2.75) is 25.7 Å². The second-order valence-corrected chi connectivity index (χ2v) is 10.3. The normalized spacial score (nSPS) is 10.0. The van der Waals surface area contributed by atoms with Crippen LogP contribution in [0.5, 0.6) is 0 Å². The molecular weight excluding hydrogens is 326 g/mol. The molecule has 7 heteroatoms. The van der Waals surface area contributed by atoms with Crippen molar-refractivity contribution < 1.29 is 4.74 Å². The summed E-state index contributed by atoms with van der Waals surface area (Å²) in [6.45, 7) is 1.37. The SMILES string of the molecule is N#CCCP(CCC#N)CCOCCP(CCC#N)CCC#N. The highest BCUT2D eigenvalue weighted by molar-refractivity contribution is 7.58. The molecule has 0 aromatic carbocycles. The zero-order valence-corrected chi connectivity index (χ0v) is 15.4. The van der Waals surface area contributed by atoms with E-state index in [2.05, 4.69) is 24.3 Å². The second kappa shape index (κ2) is 17.1. The fourth-order valence-corrected chi connectivity index (χ4v) is 5.77. The first-order valence-electron chi connectivity index (χ1n) is 7.78. The Balaban J connectivity index is 3.91. The minimum absolute atomic E-state index is 0.274. The molecule has 0 heterocycles.